The van der Waals surface area contributed by atoms with Gasteiger partial charge in [0.2, 0.25) is 0 Å². The number of hydrogen-bond donors (Lipinski definition) is 0. The molecule has 4 aliphatic rings. The van der Waals surface area contributed by atoms with Crippen LogP contribution in [0.4, 0.5) is 10.5 Å². The van der Waals surface area contributed by atoms with Crippen molar-refractivity contribution in [3.05, 3.63) is 40.9 Å². The van der Waals surface area contributed by atoms with Gasteiger partial charge in [-0.2, -0.15) is 10.2 Å². The number of carbonyl (C=O) groups excluding carboxylic acids is 3. The van der Waals surface area contributed by atoms with Crippen molar-refractivity contribution >= 4 is 35.1 Å². The van der Waals surface area contributed by atoms with E-state index in [2.05, 4.69) is 25.9 Å². The van der Waals surface area contributed by atoms with Crippen LogP contribution in [0.2, 0.25) is 5.02 Å². The first-order valence-corrected chi connectivity index (χ1v) is 12.7. The summed E-state index contributed by atoms with van der Waals surface area (Å²) in [6.45, 7) is 5.92. The molecule has 2 atom stereocenters. The van der Waals surface area contributed by atoms with Gasteiger partial charge in [0.25, 0.3) is 5.91 Å². The maximum Gasteiger partial charge on any atom is 0.434 e. The van der Waals surface area contributed by atoms with Crippen molar-refractivity contribution in [2.45, 2.75) is 32.5 Å². The molecular formula is C24H28ClN7O4. The number of ketones is 1. The Bertz CT molecular complexity index is 1190. The monoisotopic (exact) mass is 513 g/mol. The molecule has 0 spiro atoms. The number of nitrogens with zero attached hydrogens (tertiary/aromatic N) is 7. The summed E-state index contributed by atoms with van der Waals surface area (Å²) in [6, 6.07) is 6.07. The minimum Gasteiger partial charge on any atom is -0.362 e. The summed E-state index contributed by atoms with van der Waals surface area (Å²) in [6.07, 6.45) is 1.36. The van der Waals surface area contributed by atoms with Crippen LogP contribution in [0.5, 0.6) is 0 Å². The van der Waals surface area contributed by atoms with Gasteiger partial charge in [-0.3, -0.25) is 14.5 Å². The van der Waals surface area contributed by atoms with Crippen LogP contribution >= 0.6 is 11.6 Å². The first kappa shape index (κ1) is 23.2. The van der Waals surface area contributed by atoms with Crippen molar-refractivity contribution in [3.8, 4) is 0 Å². The number of hydrogen-bond acceptors (Lipinski definition) is 8. The lowest BCUT2D eigenvalue weighted by Crippen LogP contribution is -2.45. The van der Waals surface area contributed by atoms with Crippen LogP contribution in [0.15, 0.2) is 24.5 Å². The number of halogens is 1. The van der Waals surface area contributed by atoms with E-state index in [0.29, 0.717) is 36.5 Å². The van der Waals surface area contributed by atoms with Crippen molar-refractivity contribution in [3.63, 3.8) is 0 Å². The fourth-order valence-electron chi connectivity index (χ4n) is 5.78. The molecule has 0 radical (unpaired) electrons. The van der Waals surface area contributed by atoms with Crippen molar-refractivity contribution in [1.82, 2.24) is 29.6 Å². The van der Waals surface area contributed by atoms with Crippen molar-refractivity contribution in [2.24, 2.45) is 11.8 Å². The summed E-state index contributed by atoms with van der Waals surface area (Å²) in [4.78, 5) is 52.3. The molecule has 1 aromatic carbocycles. The Morgan fingerprint density at radius 1 is 1.06 bits per heavy atom. The number of hydroxylamine groups is 2. The third-order valence-electron chi connectivity index (χ3n) is 7.62. The summed E-state index contributed by atoms with van der Waals surface area (Å²) in [5.74, 6) is 1.23. The van der Waals surface area contributed by atoms with Gasteiger partial charge < -0.3 is 14.6 Å². The number of likely N-dealkylation sites (tertiary alicyclic amines) is 2. The normalized spacial score (nSPS) is 24.3. The van der Waals surface area contributed by atoms with Gasteiger partial charge in [-0.15, -0.1) is 0 Å². The number of Topliss-reactive ketones (excluding diaryl/α,β-unsaturated/α-hetero) is 1. The summed E-state index contributed by atoms with van der Waals surface area (Å²) >= 11 is 6.38. The molecule has 0 aliphatic carbocycles. The molecule has 0 bridgehead atoms. The van der Waals surface area contributed by atoms with E-state index >= 15 is 0 Å². The van der Waals surface area contributed by atoms with Gasteiger partial charge in [0, 0.05) is 62.8 Å². The Hall–Kier alpha value is -3.18. The van der Waals surface area contributed by atoms with E-state index < -0.39 is 6.09 Å². The van der Waals surface area contributed by atoms with E-state index in [1.807, 2.05) is 16.8 Å². The Morgan fingerprint density at radius 2 is 1.86 bits per heavy atom. The third-order valence-corrected chi connectivity index (χ3v) is 7.85. The summed E-state index contributed by atoms with van der Waals surface area (Å²) in [7, 11) is 0. The molecule has 190 valence electrons. The van der Waals surface area contributed by atoms with Crippen molar-refractivity contribution in [1.29, 1.82) is 0 Å². The molecule has 4 aliphatic heterocycles. The standard InChI is InChI=1S/C24H28ClN7O4/c25-19-2-1-16(21(7-19)29-5-6-31-22(14-29)26-15-27-31)8-28-9-17-11-30(12-18(17)10-28)24(35)36-32-13-20(33)3-4-23(32)34/h1-2,7,15,17-18H,3-6,8-14H2. The lowest BCUT2D eigenvalue weighted by molar-refractivity contribution is -0.175. The summed E-state index contributed by atoms with van der Waals surface area (Å²) < 4.78 is 1.94. The minimum absolute atomic E-state index is 0.0932. The second kappa shape index (κ2) is 9.36. The van der Waals surface area contributed by atoms with E-state index in [1.165, 1.54) is 5.56 Å². The quantitative estimate of drug-likeness (QED) is 0.606. The molecule has 5 heterocycles. The van der Waals surface area contributed by atoms with Crippen LogP contribution in [-0.4, -0.2) is 86.7 Å². The van der Waals surface area contributed by atoms with Gasteiger partial charge in [0.05, 0.1) is 13.1 Å². The fourth-order valence-corrected chi connectivity index (χ4v) is 5.94. The van der Waals surface area contributed by atoms with Crippen LogP contribution in [-0.2, 0) is 34.1 Å². The molecule has 0 N–H and O–H groups in total. The van der Waals surface area contributed by atoms with E-state index in [-0.39, 0.29) is 31.1 Å². The minimum atomic E-state index is -0.545. The van der Waals surface area contributed by atoms with Gasteiger partial charge >= 0.3 is 6.09 Å². The highest BCUT2D eigenvalue weighted by Crippen LogP contribution is 2.35. The van der Waals surface area contributed by atoms with Crippen LogP contribution in [0.3, 0.4) is 0 Å². The lowest BCUT2D eigenvalue weighted by atomic mass is 10.0. The predicted octanol–water partition coefficient (Wildman–Crippen LogP) is 1.56. The summed E-state index contributed by atoms with van der Waals surface area (Å²) in [5.41, 5.74) is 2.34. The molecule has 3 saturated heterocycles. The highest BCUT2D eigenvalue weighted by molar-refractivity contribution is 6.30. The number of carbonyl (C=O) groups is 3. The fraction of sp³-hybridized carbons (Fsp3) is 0.542. The van der Waals surface area contributed by atoms with Crippen LogP contribution < -0.4 is 4.90 Å². The molecule has 11 nitrogen and oxygen atoms in total. The maximum atomic E-state index is 12.6. The largest absolute Gasteiger partial charge is 0.434 e. The van der Waals surface area contributed by atoms with Gasteiger partial charge in [0.15, 0.2) is 5.78 Å². The van der Waals surface area contributed by atoms with Crippen molar-refractivity contribution < 1.29 is 19.2 Å². The Labute approximate surface area is 213 Å². The molecule has 2 amide bonds. The third kappa shape index (κ3) is 4.53. The number of benzene rings is 1. The highest BCUT2D eigenvalue weighted by atomic mass is 35.5. The number of piperidine rings is 1. The molecule has 1 aromatic heterocycles. The SMILES string of the molecule is O=C1CCC(=O)N(OC(=O)N2CC3CN(Cc4ccc(Cl)cc4N4CCn5ncnc5C4)CC3C2)C1. The maximum absolute atomic E-state index is 12.6. The second-order valence-electron chi connectivity index (χ2n) is 10.0. The average Bonchev–Trinajstić information content (AvgIpc) is 3.57. The zero-order valence-corrected chi connectivity index (χ0v) is 20.6. The zero-order chi connectivity index (χ0) is 24.8. The smallest absolute Gasteiger partial charge is 0.362 e. The predicted molar refractivity (Wildman–Crippen MR) is 129 cm³/mol. The number of anilines is 1. The molecule has 0 saturated carbocycles. The van der Waals surface area contributed by atoms with Crippen molar-refractivity contribution in [2.75, 3.05) is 44.2 Å². The molecule has 6 rings (SSSR count). The number of fused-ring (bicyclic) bond motifs is 2. The van der Waals surface area contributed by atoms with E-state index in [0.717, 1.165) is 49.3 Å². The van der Waals surface area contributed by atoms with E-state index in [9.17, 15) is 14.4 Å². The van der Waals surface area contributed by atoms with E-state index in [4.69, 9.17) is 16.4 Å². The highest BCUT2D eigenvalue weighted by Gasteiger charge is 2.43. The molecule has 2 unspecified atom stereocenters. The summed E-state index contributed by atoms with van der Waals surface area (Å²) in [5, 5.41) is 5.90. The second-order valence-corrected chi connectivity index (χ2v) is 10.5. The first-order valence-electron chi connectivity index (χ1n) is 12.3. The molecule has 36 heavy (non-hydrogen) atoms. The average molecular weight is 514 g/mol. The van der Waals surface area contributed by atoms with Gasteiger partial charge in [-0.05, 0) is 29.5 Å². The Balaban J connectivity index is 1.07. The van der Waals surface area contributed by atoms with Gasteiger partial charge in [-0.1, -0.05) is 17.7 Å². The van der Waals surface area contributed by atoms with Crippen LogP contribution in [0.25, 0.3) is 0 Å². The number of amides is 2. The van der Waals surface area contributed by atoms with Crippen LogP contribution in [0.1, 0.15) is 24.2 Å². The van der Waals surface area contributed by atoms with E-state index in [1.54, 1.807) is 11.2 Å². The van der Waals surface area contributed by atoms with Crippen LogP contribution in [0, 0.1) is 11.8 Å². The first-order chi connectivity index (χ1) is 17.4. The zero-order valence-electron chi connectivity index (χ0n) is 19.9. The van der Waals surface area contributed by atoms with Gasteiger partial charge in [0.1, 0.15) is 18.7 Å². The Morgan fingerprint density at radius 3 is 2.67 bits per heavy atom. The topological polar surface area (TPSA) is 104 Å². The lowest BCUT2D eigenvalue weighted by Gasteiger charge is -2.31. The Kier molecular flexibility index (Phi) is 6.04. The number of rotatable bonds is 4. The molecule has 12 heteroatoms. The molecule has 3 fully saturated rings. The molecular weight excluding hydrogens is 486 g/mol. The number of aromatic nitrogens is 3. The molecule has 2 aromatic rings. The van der Waals surface area contributed by atoms with Gasteiger partial charge in [-0.25, -0.2) is 14.5 Å².